The van der Waals surface area contributed by atoms with Crippen LogP contribution in [0.3, 0.4) is 0 Å². The molecule has 0 radical (unpaired) electrons. The third-order valence-electron chi connectivity index (χ3n) is 7.24. The number of benzene rings is 3. The zero-order valence-corrected chi connectivity index (χ0v) is 22.6. The SMILES string of the molecule is CCCC(=O)N1N=C(c2c(-c3ccccc3)c3cc(Cl)ccc3[nH]c2=O)CC1c1ccc2nn(CC)cc2c1. The maximum Gasteiger partial charge on any atom is 0.258 e. The molecule has 1 aliphatic rings. The van der Waals surface area contributed by atoms with Crippen LogP contribution in [0.2, 0.25) is 5.02 Å². The molecule has 0 saturated carbocycles. The van der Waals surface area contributed by atoms with Gasteiger partial charge in [-0.2, -0.15) is 10.2 Å². The Bertz CT molecular complexity index is 1810. The van der Waals surface area contributed by atoms with E-state index >= 15 is 0 Å². The van der Waals surface area contributed by atoms with Gasteiger partial charge in [-0.3, -0.25) is 14.3 Å². The van der Waals surface area contributed by atoms with Gasteiger partial charge in [-0.05, 0) is 54.8 Å². The quantitative estimate of drug-likeness (QED) is 0.262. The Labute approximate surface area is 230 Å². The molecule has 2 aromatic heterocycles. The van der Waals surface area contributed by atoms with Crippen LogP contribution in [0.15, 0.2) is 82.8 Å². The van der Waals surface area contributed by atoms with Crippen molar-refractivity contribution in [3.8, 4) is 11.1 Å². The number of nitrogens with zero attached hydrogens (tertiary/aromatic N) is 4. The molecule has 1 aliphatic heterocycles. The molecule has 7 nitrogen and oxygen atoms in total. The van der Waals surface area contributed by atoms with E-state index < -0.39 is 0 Å². The third-order valence-corrected chi connectivity index (χ3v) is 7.48. The van der Waals surface area contributed by atoms with Gasteiger partial charge in [-0.25, -0.2) is 5.01 Å². The number of nitrogens with one attached hydrogen (secondary N) is 1. The number of carbonyl (C=O) groups excluding carboxylic acids is 1. The van der Waals surface area contributed by atoms with Crippen molar-refractivity contribution in [2.24, 2.45) is 5.10 Å². The zero-order chi connectivity index (χ0) is 27.1. The van der Waals surface area contributed by atoms with E-state index in [4.69, 9.17) is 16.7 Å². The molecule has 3 heterocycles. The minimum absolute atomic E-state index is 0.0663. The number of halogens is 1. The lowest BCUT2D eigenvalue weighted by molar-refractivity contribution is -0.133. The van der Waals surface area contributed by atoms with Crippen molar-refractivity contribution in [2.45, 2.75) is 45.7 Å². The van der Waals surface area contributed by atoms with E-state index in [1.807, 2.05) is 79.3 Å². The molecule has 3 aromatic carbocycles. The second-order valence-electron chi connectivity index (χ2n) is 9.82. The Morgan fingerprint density at radius 2 is 1.87 bits per heavy atom. The van der Waals surface area contributed by atoms with Crippen LogP contribution in [-0.4, -0.2) is 31.4 Å². The van der Waals surface area contributed by atoms with Crippen molar-refractivity contribution in [3.05, 3.63) is 99.4 Å². The number of pyridine rings is 1. The number of fused-ring (bicyclic) bond motifs is 2. The molecule has 0 bridgehead atoms. The van der Waals surface area contributed by atoms with Crippen molar-refractivity contribution in [1.29, 1.82) is 0 Å². The van der Waals surface area contributed by atoms with E-state index in [0.29, 0.717) is 41.1 Å². The van der Waals surface area contributed by atoms with Gasteiger partial charge in [-0.1, -0.05) is 54.9 Å². The van der Waals surface area contributed by atoms with Crippen LogP contribution < -0.4 is 5.56 Å². The fourth-order valence-corrected chi connectivity index (χ4v) is 5.56. The predicted octanol–water partition coefficient (Wildman–Crippen LogP) is 6.70. The van der Waals surface area contributed by atoms with Gasteiger partial charge in [0.25, 0.3) is 5.56 Å². The summed E-state index contributed by atoms with van der Waals surface area (Å²) in [6.45, 7) is 4.80. The first-order valence-corrected chi connectivity index (χ1v) is 13.6. The maximum atomic E-state index is 13.7. The molecule has 1 N–H and O–H groups in total. The van der Waals surface area contributed by atoms with Crippen molar-refractivity contribution in [3.63, 3.8) is 0 Å². The Balaban J connectivity index is 1.53. The van der Waals surface area contributed by atoms with Crippen LogP contribution >= 0.6 is 11.6 Å². The van der Waals surface area contributed by atoms with Gasteiger partial charge in [-0.15, -0.1) is 0 Å². The topological polar surface area (TPSA) is 83.3 Å². The number of hydrogen-bond donors (Lipinski definition) is 1. The van der Waals surface area contributed by atoms with Gasteiger partial charge in [0, 0.05) is 52.5 Å². The van der Waals surface area contributed by atoms with Crippen LogP contribution in [0.25, 0.3) is 32.9 Å². The van der Waals surface area contributed by atoms with E-state index in [1.54, 1.807) is 11.1 Å². The van der Waals surface area contributed by atoms with Crippen molar-refractivity contribution >= 4 is 45.0 Å². The number of H-pyrrole nitrogens is 1. The fourth-order valence-electron chi connectivity index (χ4n) is 5.39. The number of hydrogen-bond acceptors (Lipinski definition) is 4. The highest BCUT2D eigenvalue weighted by Crippen LogP contribution is 2.38. The average molecular weight is 538 g/mol. The van der Waals surface area contributed by atoms with E-state index in [2.05, 4.69) is 16.1 Å². The molecule has 1 unspecified atom stereocenters. The predicted molar refractivity (Wildman–Crippen MR) is 156 cm³/mol. The van der Waals surface area contributed by atoms with E-state index in [1.165, 1.54) is 0 Å². The summed E-state index contributed by atoms with van der Waals surface area (Å²) in [7, 11) is 0. The summed E-state index contributed by atoms with van der Waals surface area (Å²) in [5, 5.41) is 13.4. The van der Waals surface area contributed by atoms with Gasteiger partial charge in [0.1, 0.15) is 0 Å². The minimum Gasteiger partial charge on any atom is -0.321 e. The Kier molecular flexibility index (Phi) is 6.53. The van der Waals surface area contributed by atoms with Gasteiger partial charge >= 0.3 is 0 Å². The van der Waals surface area contributed by atoms with E-state index in [-0.39, 0.29) is 17.5 Å². The van der Waals surface area contributed by atoms with Gasteiger partial charge in [0.2, 0.25) is 5.91 Å². The Morgan fingerprint density at radius 1 is 1.05 bits per heavy atom. The average Bonchev–Trinajstić information content (AvgIpc) is 3.57. The fraction of sp³-hybridized carbons (Fsp3) is 0.226. The Hall–Kier alpha value is -4.23. The number of hydrazone groups is 1. The summed E-state index contributed by atoms with van der Waals surface area (Å²) in [4.78, 5) is 30.0. The van der Waals surface area contributed by atoms with Crippen molar-refractivity contribution < 1.29 is 4.79 Å². The van der Waals surface area contributed by atoms with Crippen molar-refractivity contribution in [1.82, 2.24) is 19.8 Å². The standard InChI is InChI=1S/C31H28ClN5O2/c1-3-8-28(38)37-27(20-11-13-24-21(15-20)18-36(4-2)34-24)17-26(35-37)30-29(19-9-6-5-7-10-19)23-16-22(32)12-14-25(23)33-31(30)39/h5-7,9-16,18,27H,3-4,8,17H2,1-2H3,(H,33,39). The summed E-state index contributed by atoms with van der Waals surface area (Å²) in [6.07, 6.45) is 3.51. The summed E-state index contributed by atoms with van der Waals surface area (Å²) in [6, 6.07) is 21.0. The lowest BCUT2D eigenvalue weighted by atomic mass is 9.91. The van der Waals surface area contributed by atoms with Crippen LogP contribution in [0.5, 0.6) is 0 Å². The second-order valence-corrected chi connectivity index (χ2v) is 10.3. The first kappa shape index (κ1) is 25.1. The van der Waals surface area contributed by atoms with Crippen molar-refractivity contribution in [2.75, 3.05) is 0 Å². The number of rotatable bonds is 6. The van der Waals surface area contributed by atoms with Crippen LogP contribution in [-0.2, 0) is 11.3 Å². The molecule has 5 aromatic rings. The third kappa shape index (κ3) is 4.53. The summed E-state index contributed by atoms with van der Waals surface area (Å²) in [5.41, 5.74) is 5.01. The molecule has 39 heavy (non-hydrogen) atoms. The minimum atomic E-state index is -0.327. The lowest BCUT2D eigenvalue weighted by Crippen LogP contribution is -2.26. The number of amides is 1. The molecular formula is C31H28ClN5O2. The molecule has 1 amide bonds. The molecule has 196 valence electrons. The van der Waals surface area contributed by atoms with Crippen LogP contribution in [0.1, 0.15) is 50.3 Å². The second kappa shape index (κ2) is 10.2. The molecule has 0 saturated heterocycles. The normalized spacial score (nSPS) is 15.3. The highest BCUT2D eigenvalue weighted by molar-refractivity contribution is 6.31. The maximum absolute atomic E-state index is 13.7. The number of carbonyl (C=O) groups is 1. The number of aromatic nitrogens is 3. The first-order chi connectivity index (χ1) is 19.0. The van der Waals surface area contributed by atoms with Gasteiger partial charge < -0.3 is 4.98 Å². The van der Waals surface area contributed by atoms with Gasteiger partial charge in [0.05, 0.1) is 22.8 Å². The largest absolute Gasteiger partial charge is 0.321 e. The highest BCUT2D eigenvalue weighted by atomic mass is 35.5. The summed E-state index contributed by atoms with van der Waals surface area (Å²) < 4.78 is 1.90. The smallest absolute Gasteiger partial charge is 0.258 e. The van der Waals surface area contributed by atoms with Crippen LogP contribution in [0, 0.1) is 0 Å². The molecule has 0 spiro atoms. The van der Waals surface area contributed by atoms with E-state index in [0.717, 1.165) is 39.5 Å². The van der Waals surface area contributed by atoms with E-state index in [9.17, 15) is 9.59 Å². The summed E-state index contributed by atoms with van der Waals surface area (Å²) >= 11 is 6.41. The lowest BCUT2D eigenvalue weighted by Gasteiger charge is -2.22. The first-order valence-electron chi connectivity index (χ1n) is 13.2. The molecular weight excluding hydrogens is 510 g/mol. The zero-order valence-electron chi connectivity index (χ0n) is 21.8. The Morgan fingerprint density at radius 3 is 2.64 bits per heavy atom. The highest BCUT2D eigenvalue weighted by Gasteiger charge is 2.35. The molecule has 0 aliphatic carbocycles. The summed E-state index contributed by atoms with van der Waals surface area (Å²) in [5.74, 6) is -0.0663. The van der Waals surface area contributed by atoms with Gasteiger partial charge in [0.15, 0.2) is 0 Å². The monoisotopic (exact) mass is 537 g/mol. The molecule has 0 fully saturated rings. The number of aryl methyl sites for hydroxylation is 1. The molecule has 6 rings (SSSR count). The number of aromatic amines is 1. The molecule has 1 atom stereocenters. The van der Waals surface area contributed by atoms with Crippen LogP contribution in [0.4, 0.5) is 0 Å². The molecule has 8 heteroatoms.